The number of rotatable bonds is 41. The summed E-state index contributed by atoms with van der Waals surface area (Å²) in [6.45, 7) is 11.3. The third-order valence-corrected chi connectivity index (χ3v) is 10.5. The average Bonchev–Trinajstić information content (AvgIpc) is 3.12. The summed E-state index contributed by atoms with van der Waals surface area (Å²) in [5.41, 5.74) is 0. The van der Waals surface area contributed by atoms with Crippen molar-refractivity contribution in [2.45, 2.75) is 259 Å². The predicted octanol–water partition coefficient (Wildman–Crippen LogP) is 14.6. The zero-order chi connectivity index (χ0) is 39.0. The van der Waals surface area contributed by atoms with Crippen LogP contribution in [0.4, 0.5) is 0 Å². The molecule has 0 saturated carbocycles. The fraction of sp³-hybridized carbons (Fsp3) is 0.936. The molecular formula is C47H90O6. The van der Waals surface area contributed by atoms with Gasteiger partial charge in [-0.25, -0.2) is 0 Å². The normalized spacial score (nSPS) is 12.1. The molecule has 0 heterocycles. The van der Waals surface area contributed by atoms with E-state index in [-0.39, 0.29) is 31.1 Å². The van der Waals surface area contributed by atoms with Crippen LogP contribution >= 0.6 is 0 Å². The maximum atomic E-state index is 12.6. The first kappa shape index (κ1) is 51.4. The highest BCUT2D eigenvalue weighted by molar-refractivity contribution is 5.71. The van der Waals surface area contributed by atoms with Gasteiger partial charge in [0.1, 0.15) is 13.2 Å². The average molecular weight is 751 g/mol. The van der Waals surface area contributed by atoms with Crippen LogP contribution in [0.2, 0.25) is 0 Å². The minimum absolute atomic E-state index is 0.0652. The maximum Gasteiger partial charge on any atom is 0.306 e. The van der Waals surface area contributed by atoms with Crippen molar-refractivity contribution >= 4 is 17.9 Å². The summed E-state index contributed by atoms with van der Waals surface area (Å²) in [4.78, 5) is 37.6. The van der Waals surface area contributed by atoms with Crippen LogP contribution in [0.3, 0.4) is 0 Å². The Morgan fingerprint density at radius 2 is 0.623 bits per heavy atom. The molecule has 0 aliphatic heterocycles. The molecule has 0 radical (unpaired) electrons. The lowest BCUT2D eigenvalue weighted by atomic mass is 10.0. The van der Waals surface area contributed by atoms with Crippen LogP contribution < -0.4 is 0 Å². The van der Waals surface area contributed by atoms with Crippen molar-refractivity contribution in [2.75, 3.05) is 13.2 Å². The van der Waals surface area contributed by atoms with Crippen LogP contribution in [0.15, 0.2) is 0 Å². The minimum Gasteiger partial charge on any atom is -0.462 e. The molecule has 6 nitrogen and oxygen atoms in total. The van der Waals surface area contributed by atoms with E-state index in [1.807, 2.05) is 0 Å². The third kappa shape index (κ3) is 41.4. The Balaban J connectivity index is 4.22. The van der Waals surface area contributed by atoms with Gasteiger partial charge in [0, 0.05) is 19.3 Å². The zero-order valence-electron chi connectivity index (χ0n) is 36.1. The SMILES string of the molecule is CCCCCCCCCC(=O)O[C@H](COC(=O)CCCCCCCCCCCCCCC(C)C)COC(=O)CCCCCCCCCCCCC(C)C. The standard InChI is InChI=1S/C47H90O6/c1-6-7-8-9-20-29-34-39-47(50)53-44(41-52-46(49)38-33-28-24-19-15-14-17-22-26-31-36-43(4)5)40-51-45(48)37-32-27-23-18-13-11-10-12-16-21-25-30-35-42(2)3/h42-44H,6-41H2,1-5H3/t44-/m1/s1. The Morgan fingerprint density at radius 1 is 0.358 bits per heavy atom. The van der Waals surface area contributed by atoms with Crippen molar-refractivity contribution in [1.29, 1.82) is 0 Å². The topological polar surface area (TPSA) is 78.9 Å². The van der Waals surface area contributed by atoms with E-state index in [0.717, 1.165) is 69.6 Å². The van der Waals surface area contributed by atoms with Crippen molar-refractivity contribution in [3.8, 4) is 0 Å². The van der Waals surface area contributed by atoms with Crippen LogP contribution in [-0.4, -0.2) is 37.2 Å². The Labute approximate surface area is 329 Å². The predicted molar refractivity (Wildman–Crippen MR) is 224 cm³/mol. The molecule has 0 aliphatic rings. The van der Waals surface area contributed by atoms with Gasteiger partial charge >= 0.3 is 17.9 Å². The van der Waals surface area contributed by atoms with Gasteiger partial charge in [0.05, 0.1) is 0 Å². The second-order valence-corrected chi connectivity index (χ2v) is 17.0. The summed E-state index contributed by atoms with van der Waals surface area (Å²) in [6, 6.07) is 0. The van der Waals surface area contributed by atoms with E-state index in [0.29, 0.717) is 19.3 Å². The van der Waals surface area contributed by atoms with Gasteiger partial charge in [-0.2, -0.15) is 0 Å². The summed E-state index contributed by atoms with van der Waals surface area (Å²) in [5.74, 6) is 0.790. The van der Waals surface area contributed by atoms with Crippen LogP contribution in [-0.2, 0) is 28.6 Å². The van der Waals surface area contributed by atoms with Crippen LogP contribution in [0.5, 0.6) is 0 Å². The van der Waals surface area contributed by atoms with E-state index in [1.165, 1.54) is 141 Å². The van der Waals surface area contributed by atoms with Crippen molar-refractivity contribution in [2.24, 2.45) is 11.8 Å². The van der Waals surface area contributed by atoms with Gasteiger partial charge in [-0.05, 0) is 31.1 Å². The van der Waals surface area contributed by atoms with Crippen LogP contribution in [0.25, 0.3) is 0 Å². The number of hydrogen-bond donors (Lipinski definition) is 0. The third-order valence-electron chi connectivity index (χ3n) is 10.5. The van der Waals surface area contributed by atoms with Gasteiger partial charge in [0.15, 0.2) is 6.10 Å². The number of carbonyl (C=O) groups excluding carboxylic acids is 3. The van der Waals surface area contributed by atoms with Gasteiger partial charge in [-0.15, -0.1) is 0 Å². The first-order valence-electron chi connectivity index (χ1n) is 23.2. The molecule has 0 amide bonds. The molecule has 6 heteroatoms. The lowest BCUT2D eigenvalue weighted by Crippen LogP contribution is -2.30. The molecule has 0 N–H and O–H groups in total. The first-order chi connectivity index (χ1) is 25.7. The molecular weight excluding hydrogens is 661 g/mol. The summed E-state index contributed by atoms with van der Waals surface area (Å²) in [7, 11) is 0. The number of hydrogen-bond acceptors (Lipinski definition) is 6. The van der Waals surface area contributed by atoms with E-state index in [1.54, 1.807) is 0 Å². The van der Waals surface area contributed by atoms with E-state index in [2.05, 4.69) is 34.6 Å². The molecule has 0 unspecified atom stereocenters. The van der Waals surface area contributed by atoms with Gasteiger partial charge in [0.25, 0.3) is 0 Å². The highest BCUT2D eigenvalue weighted by atomic mass is 16.6. The maximum absolute atomic E-state index is 12.6. The van der Waals surface area contributed by atoms with Crippen molar-refractivity contribution in [3.63, 3.8) is 0 Å². The molecule has 0 bridgehead atoms. The molecule has 0 rings (SSSR count). The molecule has 0 fully saturated rings. The Kier molecular flexibility index (Phi) is 38.9. The van der Waals surface area contributed by atoms with Crippen molar-refractivity contribution < 1.29 is 28.6 Å². The molecule has 0 aliphatic carbocycles. The highest BCUT2D eigenvalue weighted by Crippen LogP contribution is 2.16. The van der Waals surface area contributed by atoms with Crippen molar-refractivity contribution in [1.82, 2.24) is 0 Å². The lowest BCUT2D eigenvalue weighted by molar-refractivity contribution is -0.167. The Morgan fingerprint density at radius 3 is 0.925 bits per heavy atom. The minimum atomic E-state index is -0.759. The molecule has 1 atom stereocenters. The molecule has 53 heavy (non-hydrogen) atoms. The van der Waals surface area contributed by atoms with E-state index >= 15 is 0 Å². The molecule has 0 saturated heterocycles. The molecule has 0 aromatic heterocycles. The lowest BCUT2D eigenvalue weighted by Gasteiger charge is -2.18. The quantitative estimate of drug-likeness (QED) is 0.0352. The monoisotopic (exact) mass is 751 g/mol. The van der Waals surface area contributed by atoms with Crippen molar-refractivity contribution in [3.05, 3.63) is 0 Å². The zero-order valence-corrected chi connectivity index (χ0v) is 36.1. The smallest absolute Gasteiger partial charge is 0.306 e. The fourth-order valence-corrected chi connectivity index (χ4v) is 6.93. The van der Waals surface area contributed by atoms with E-state index in [9.17, 15) is 14.4 Å². The van der Waals surface area contributed by atoms with Crippen LogP contribution in [0, 0.1) is 11.8 Å². The molecule has 0 aromatic carbocycles. The summed E-state index contributed by atoms with van der Waals surface area (Å²) in [6.07, 6.45) is 38.1. The van der Waals surface area contributed by atoms with Gasteiger partial charge in [-0.1, -0.05) is 214 Å². The molecule has 0 spiro atoms. The van der Waals surface area contributed by atoms with Gasteiger partial charge in [0.2, 0.25) is 0 Å². The number of ether oxygens (including phenoxy) is 3. The highest BCUT2D eigenvalue weighted by Gasteiger charge is 2.19. The molecule has 314 valence electrons. The fourth-order valence-electron chi connectivity index (χ4n) is 6.93. The van der Waals surface area contributed by atoms with E-state index in [4.69, 9.17) is 14.2 Å². The summed E-state index contributed by atoms with van der Waals surface area (Å²) < 4.78 is 16.7. The largest absolute Gasteiger partial charge is 0.462 e. The second kappa shape index (κ2) is 40.1. The summed E-state index contributed by atoms with van der Waals surface area (Å²) >= 11 is 0. The van der Waals surface area contributed by atoms with Gasteiger partial charge < -0.3 is 14.2 Å². The first-order valence-corrected chi connectivity index (χ1v) is 23.2. The second-order valence-electron chi connectivity index (χ2n) is 17.0. The number of esters is 3. The molecule has 0 aromatic rings. The number of carbonyl (C=O) groups is 3. The van der Waals surface area contributed by atoms with Gasteiger partial charge in [-0.3, -0.25) is 14.4 Å². The number of unbranched alkanes of at least 4 members (excludes halogenated alkanes) is 26. The van der Waals surface area contributed by atoms with E-state index < -0.39 is 6.10 Å². The van der Waals surface area contributed by atoms with Crippen LogP contribution in [0.1, 0.15) is 253 Å². The summed E-state index contributed by atoms with van der Waals surface area (Å²) in [5, 5.41) is 0. The Bertz CT molecular complexity index is 809. The Hall–Kier alpha value is -1.59.